The van der Waals surface area contributed by atoms with Crippen molar-refractivity contribution in [2.24, 2.45) is 0 Å². The Balaban J connectivity index is 1.62. The van der Waals surface area contributed by atoms with Crippen molar-refractivity contribution in [1.82, 2.24) is 0 Å². The summed E-state index contributed by atoms with van der Waals surface area (Å²) < 4.78 is 33.1. The monoisotopic (exact) mass is 626 g/mol. The van der Waals surface area contributed by atoms with Crippen molar-refractivity contribution < 1.29 is 38.0 Å². The molecule has 0 radical (unpaired) electrons. The van der Waals surface area contributed by atoms with E-state index in [0.29, 0.717) is 63.4 Å². The molecule has 240 valence electrons. The smallest absolute Gasteiger partial charge is 0.259 e. The molecule has 2 amide bonds. The lowest BCUT2D eigenvalue weighted by Crippen LogP contribution is -2.47. The lowest BCUT2D eigenvalue weighted by atomic mass is 9.89. The fourth-order valence-electron chi connectivity index (χ4n) is 6.05. The van der Waals surface area contributed by atoms with Crippen LogP contribution >= 0.6 is 0 Å². The van der Waals surface area contributed by atoms with E-state index in [1.807, 2.05) is 61.5 Å². The number of fused-ring (bicyclic) bond motifs is 1. The van der Waals surface area contributed by atoms with Crippen LogP contribution in [0.4, 0.5) is 11.4 Å². The molecule has 0 N–H and O–H groups in total. The summed E-state index contributed by atoms with van der Waals surface area (Å²) in [4.78, 5) is 32.4. The van der Waals surface area contributed by atoms with Crippen molar-refractivity contribution in [1.29, 1.82) is 0 Å². The summed E-state index contributed by atoms with van der Waals surface area (Å²) in [5.41, 5.74) is 2.97. The second kappa shape index (κ2) is 13.7. The molecule has 4 aromatic carbocycles. The summed E-state index contributed by atoms with van der Waals surface area (Å²) in [7, 11) is 9.08. The minimum atomic E-state index is -0.413. The van der Waals surface area contributed by atoms with Gasteiger partial charge in [0.1, 0.15) is 0 Å². The van der Waals surface area contributed by atoms with Gasteiger partial charge in [0.05, 0.1) is 48.7 Å². The molecule has 0 aliphatic carbocycles. The van der Waals surface area contributed by atoms with Crippen LogP contribution in [0.3, 0.4) is 0 Å². The molecule has 2 atom stereocenters. The van der Waals surface area contributed by atoms with E-state index in [4.69, 9.17) is 28.4 Å². The van der Waals surface area contributed by atoms with Gasteiger partial charge in [0.15, 0.2) is 23.0 Å². The van der Waals surface area contributed by atoms with Crippen LogP contribution in [0.25, 0.3) is 0 Å². The molecule has 0 unspecified atom stereocenters. The number of para-hydroxylation sites is 2. The topological polar surface area (TPSA) is 96.0 Å². The first-order valence-corrected chi connectivity index (χ1v) is 14.7. The van der Waals surface area contributed by atoms with Crippen molar-refractivity contribution in [3.8, 4) is 34.5 Å². The molecule has 1 aliphatic heterocycles. The number of nitrogens with zero attached hydrogens (tertiary/aromatic N) is 2. The largest absolute Gasteiger partial charge is 0.493 e. The Kier molecular flexibility index (Phi) is 9.55. The minimum Gasteiger partial charge on any atom is -0.493 e. The fourth-order valence-corrected chi connectivity index (χ4v) is 6.05. The number of amides is 2. The molecule has 46 heavy (non-hydrogen) atoms. The second-order valence-corrected chi connectivity index (χ2v) is 10.7. The number of methoxy groups -OCH3 is 6. The first-order chi connectivity index (χ1) is 22.3. The predicted octanol–water partition coefficient (Wildman–Crippen LogP) is 6.57. The number of rotatable bonds is 10. The van der Waals surface area contributed by atoms with Crippen LogP contribution in [0, 0.1) is 0 Å². The zero-order chi connectivity index (χ0) is 33.0. The van der Waals surface area contributed by atoms with Crippen LogP contribution in [-0.2, 0) is 0 Å². The third-order valence-corrected chi connectivity index (χ3v) is 8.17. The zero-order valence-corrected chi connectivity index (χ0v) is 27.0. The Morgan fingerprint density at radius 3 is 1.63 bits per heavy atom. The van der Waals surface area contributed by atoms with Gasteiger partial charge in [-0.1, -0.05) is 36.4 Å². The van der Waals surface area contributed by atoms with Crippen molar-refractivity contribution in [2.45, 2.75) is 25.4 Å². The normalized spacial score (nSPS) is 15.3. The molecular formula is C36H38N2O8. The summed E-state index contributed by atoms with van der Waals surface area (Å²) in [6.45, 7) is 1.98. The van der Waals surface area contributed by atoms with Crippen molar-refractivity contribution in [3.63, 3.8) is 0 Å². The average Bonchev–Trinajstić information content (AvgIpc) is 3.10. The molecule has 0 spiro atoms. The first kappa shape index (κ1) is 32.0. The maximum atomic E-state index is 14.6. The van der Waals surface area contributed by atoms with Gasteiger partial charge in [-0.15, -0.1) is 0 Å². The van der Waals surface area contributed by atoms with E-state index in [1.54, 1.807) is 34.1 Å². The Hall–Kier alpha value is -5.38. The standard InChI is InChI=1S/C36H38N2O8/c1-22-17-28(38(25-13-9-8-10-14-25)36(40)24-20-31(43-4)34(46-7)32(21-24)44-5)26-15-11-12-16-27(26)37(22)35(39)23-18-29(41-2)33(45-6)30(19-23)42-3/h8-16,18-22,28H,17H2,1-7H3/t22-,28+/m0/s1. The number of hydrogen-bond acceptors (Lipinski definition) is 8. The number of ether oxygens (including phenoxy) is 6. The maximum Gasteiger partial charge on any atom is 0.259 e. The van der Waals surface area contributed by atoms with Crippen molar-refractivity contribution in [3.05, 3.63) is 95.6 Å². The Morgan fingerprint density at radius 1 is 0.652 bits per heavy atom. The van der Waals surface area contributed by atoms with Crippen LogP contribution in [-0.4, -0.2) is 60.5 Å². The molecule has 0 aromatic heterocycles. The van der Waals surface area contributed by atoms with Gasteiger partial charge in [0, 0.05) is 28.5 Å². The molecule has 1 aliphatic rings. The lowest BCUT2D eigenvalue weighted by molar-refractivity contribution is 0.0964. The average molecular weight is 627 g/mol. The van der Waals surface area contributed by atoms with Gasteiger partial charge in [-0.2, -0.15) is 0 Å². The number of hydrogen-bond donors (Lipinski definition) is 0. The highest BCUT2D eigenvalue weighted by Crippen LogP contribution is 2.46. The SMILES string of the molecule is COc1cc(C(=O)N(c2ccccc2)[C@@H]2C[C@H](C)N(C(=O)c3cc(OC)c(OC)c(OC)c3)c3ccccc32)cc(OC)c1OC. The quantitative estimate of drug-likeness (QED) is 0.195. The third kappa shape index (κ3) is 5.74. The van der Waals surface area contributed by atoms with Gasteiger partial charge in [-0.25, -0.2) is 0 Å². The van der Waals surface area contributed by atoms with Gasteiger partial charge in [-0.05, 0) is 61.4 Å². The molecule has 4 aromatic rings. The molecule has 0 bridgehead atoms. The Bertz CT molecular complexity index is 1670. The first-order valence-electron chi connectivity index (χ1n) is 14.7. The Labute approximate surface area is 269 Å². The van der Waals surface area contributed by atoms with Crippen LogP contribution in [0.5, 0.6) is 34.5 Å². The molecule has 5 rings (SSSR count). The van der Waals surface area contributed by atoms with E-state index in [0.717, 1.165) is 5.56 Å². The number of anilines is 2. The highest BCUT2D eigenvalue weighted by molar-refractivity contribution is 6.10. The molecule has 1 heterocycles. The van der Waals surface area contributed by atoms with Gasteiger partial charge < -0.3 is 38.2 Å². The molecular weight excluding hydrogens is 588 g/mol. The minimum absolute atomic E-state index is 0.236. The fraction of sp³-hybridized carbons (Fsp3) is 0.278. The molecule has 10 nitrogen and oxygen atoms in total. The summed E-state index contributed by atoms with van der Waals surface area (Å²) >= 11 is 0. The van der Waals surface area contributed by atoms with E-state index in [9.17, 15) is 9.59 Å². The van der Waals surface area contributed by atoms with Crippen LogP contribution < -0.4 is 38.2 Å². The third-order valence-electron chi connectivity index (χ3n) is 8.17. The van der Waals surface area contributed by atoms with E-state index in [2.05, 4.69) is 0 Å². The lowest BCUT2D eigenvalue weighted by Gasteiger charge is -2.43. The highest BCUT2D eigenvalue weighted by Gasteiger charge is 2.40. The summed E-state index contributed by atoms with van der Waals surface area (Å²) in [5, 5.41) is 0. The molecule has 0 saturated carbocycles. The number of carbonyl (C=O) groups is 2. The highest BCUT2D eigenvalue weighted by atomic mass is 16.5. The van der Waals surface area contributed by atoms with Crippen LogP contribution in [0.15, 0.2) is 78.9 Å². The van der Waals surface area contributed by atoms with Gasteiger partial charge in [0.25, 0.3) is 11.8 Å². The molecule has 0 fully saturated rings. The number of benzene rings is 4. The summed E-state index contributed by atoms with van der Waals surface area (Å²) in [6.07, 6.45) is 0.457. The Morgan fingerprint density at radius 2 is 1.13 bits per heavy atom. The molecule has 0 saturated heterocycles. The zero-order valence-electron chi connectivity index (χ0n) is 27.0. The van der Waals surface area contributed by atoms with Gasteiger partial charge >= 0.3 is 0 Å². The van der Waals surface area contributed by atoms with Gasteiger partial charge in [-0.3, -0.25) is 9.59 Å². The summed E-state index contributed by atoms with van der Waals surface area (Å²) in [5.74, 6) is 1.81. The van der Waals surface area contributed by atoms with Crippen molar-refractivity contribution in [2.75, 3.05) is 52.5 Å². The van der Waals surface area contributed by atoms with E-state index < -0.39 is 6.04 Å². The predicted molar refractivity (Wildman–Crippen MR) is 176 cm³/mol. The van der Waals surface area contributed by atoms with E-state index in [1.165, 1.54) is 42.7 Å². The molecule has 10 heteroatoms. The van der Waals surface area contributed by atoms with Crippen molar-refractivity contribution >= 4 is 23.2 Å². The maximum absolute atomic E-state index is 14.6. The second-order valence-electron chi connectivity index (χ2n) is 10.7. The summed E-state index contributed by atoms with van der Waals surface area (Å²) in [6, 6.07) is 23.0. The van der Waals surface area contributed by atoms with Crippen LogP contribution in [0.1, 0.15) is 45.7 Å². The van der Waals surface area contributed by atoms with E-state index >= 15 is 0 Å². The van der Waals surface area contributed by atoms with E-state index in [-0.39, 0.29) is 17.9 Å². The number of carbonyl (C=O) groups excluding carboxylic acids is 2. The van der Waals surface area contributed by atoms with Crippen LogP contribution in [0.2, 0.25) is 0 Å². The van der Waals surface area contributed by atoms with Gasteiger partial charge in [0.2, 0.25) is 11.5 Å².